The van der Waals surface area contributed by atoms with Crippen LogP contribution in [0.25, 0.3) is 0 Å². The largest absolute Gasteiger partial charge is 0.374 e. The number of hydrogen-bond acceptors (Lipinski definition) is 3. The van der Waals surface area contributed by atoms with E-state index in [1.54, 1.807) is 0 Å². The van der Waals surface area contributed by atoms with E-state index in [2.05, 4.69) is 47.5 Å². The van der Waals surface area contributed by atoms with E-state index in [0.29, 0.717) is 12.5 Å². The molecule has 0 saturated carbocycles. The Morgan fingerprint density at radius 2 is 2.22 bits per heavy atom. The Hall–Kier alpha value is -0.510. The van der Waals surface area contributed by atoms with E-state index in [4.69, 9.17) is 21.3 Å². The second kappa shape index (κ2) is 12.1. The molecule has 0 radical (unpaired) electrons. The third kappa shape index (κ3) is 8.17. The van der Waals surface area contributed by atoms with Crippen molar-refractivity contribution in [1.82, 2.24) is 19.7 Å². The quantitative estimate of drug-likeness (QED) is 0.347. The number of halogens is 2. The summed E-state index contributed by atoms with van der Waals surface area (Å²) < 4.78 is 7.97. The van der Waals surface area contributed by atoms with Crippen molar-refractivity contribution < 1.29 is 4.74 Å². The van der Waals surface area contributed by atoms with Crippen LogP contribution in [-0.2, 0) is 18.3 Å². The molecule has 1 aromatic heterocycles. The lowest BCUT2D eigenvalue weighted by Gasteiger charge is -2.33. The molecule has 0 aliphatic carbocycles. The molecule has 1 saturated heterocycles. The Bertz CT molecular complexity index is 593. The maximum atomic E-state index is 6.10. The lowest BCUT2D eigenvalue weighted by molar-refractivity contribution is -0.0262. The van der Waals surface area contributed by atoms with Crippen LogP contribution in [0.15, 0.2) is 17.3 Å². The summed E-state index contributed by atoms with van der Waals surface area (Å²) in [5.41, 5.74) is 1.15. The molecular weight excluding hydrogens is 477 g/mol. The monoisotopic (exact) mass is 511 g/mol. The standard InChI is InChI=1S/C19H34ClN5O.HI/c1-6-21-19(24(5)13-17-9-16(20)12-23(17)4)22-10-18-14-25(7-8-26-18)11-15(2)3;/h9,12,15,18H,6-8,10-11,13-14H2,1-5H3,(H,21,22);1H. The highest BCUT2D eigenvalue weighted by Gasteiger charge is 2.21. The summed E-state index contributed by atoms with van der Waals surface area (Å²) in [6.45, 7) is 12.8. The van der Waals surface area contributed by atoms with Crippen LogP contribution in [0.4, 0.5) is 0 Å². The molecule has 6 nitrogen and oxygen atoms in total. The Balaban J connectivity index is 0.00000364. The van der Waals surface area contributed by atoms with Gasteiger partial charge in [-0.25, -0.2) is 0 Å². The molecule has 1 atom stereocenters. The van der Waals surface area contributed by atoms with Crippen LogP contribution in [-0.4, -0.2) is 72.8 Å². The zero-order valence-electron chi connectivity index (χ0n) is 17.2. The van der Waals surface area contributed by atoms with E-state index in [1.807, 2.05) is 19.3 Å². The predicted molar refractivity (Wildman–Crippen MR) is 124 cm³/mol. The van der Waals surface area contributed by atoms with Crippen molar-refractivity contribution in [3.63, 3.8) is 0 Å². The fourth-order valence-electron chi connectivity index (χ4n) is 3.27. The third-order valence-electron chi connectivity index (χ3n) is 4.46. The van der Waals surface area contributed by atoms with Crippen molar-refractivity contribution in [2.75, 3.05) is 46.4 Å². The summed E-state index contributed by atoms with van der Waals surface area (Å²) in [6.07, 6.45) is 2.09. The number of aryl methyl sites for hydroxylation is 1. The van der Waals surface area contributed by atoms with Gasteiger partial charge in [-0.2, -0.15) is 0 Å². The highest BCUT2D eigenvalue weighted by molar-refractivity contribution is 14.0. The first kappa shape index (κ1) is 24.5. The molecule has 0 bridgehead atoms. The molecule has 27 heavy (non-hydrogen) atoms. The van der Waals surface area contributed by atoms with Gasteiger partial charge in [-0.05, 0) is 18.9 Å². The van der Waals surface area contributed by atoms with Crippen LogP contribution in [0.3, 0.4) is 0 Å². The van der Waals surface area contributed by atoms with Gasteiger partial charge in [0.1, 0.15) is 0 Å². The molecule has 1 N–H and O–H groups in total. The fraction of sp³-hybridized carbons (Fsp3) is 0.737. The maximum absolute atomic E-state index is 6.10. The van der Waals surface area contributed by atoms with Crippen LogP contribution < -0.4 is 5.32 Å². The van der Waals surface area contributed by atoms with E-state index in [1.165, 1.54) is 0 Å². The minimum atomic E-state index is 0. The molecule has 1 fully saturated rings. The highest BCUT2D eigenvalue weighted by atomic mass is 127. The van der Waals surface area contributed by atoms with Crippen LogP contribution in [0, 0.1) is 5.92 Å². The maximum Gasteiger partial charge on any atom is 0.194 e. The molecule has 2 rings (SSSR count). The molecule has 0 amide bonds. The van der Waals surface area contributed by atoms with Crippen molar-refractivity contribution in [1.29, 1.82) is 0 Å². The summed E-state index contributed by atoms with van der Waals surface area (Å²) in [4.78, 5) is 9.43. The minimum Gasteiger partial charge on any atom is -0.374 e. The second-order valence-corrected chi connectivity index (χ2v) is 7.89. The highest BCUT2D eigenvalue weighted by Crippen LogP contribution is 2.14. The van der Waals surface area contributed by atoms with Gasteiger partial charge in [-0.15, -0.1) is 24.0 Å². The Labute approximate surface area is 186 Å². The summed E-state index contributed by atoms with van der Waals surface area (Å²) in [5.74, 6) is 1.58. The Morgan fingerprint density at radius 3 is 2.81 bits per heavy atom. The number of aliphatic imine (C=N–C) groups is 1. The van der Waals surface area contributed by atoms with Gasteiger partial charge in [0.25, 0.3) is 0 Å². The van der Waals surface area contributed by atoms with Gasteiger partial charge in [0, 0.05) is 52.2 Å². The summed E-state index contributed by atoms with van der Waals surface area (Å²) in [7, 11) is 4.06. The van der Waals surface area contributed by atoms with Gasteiger partial charge in [-0.1, -0.05) is 25.4 Å². The van der Waals surface area contributed by atoms with Crippen molar-refractivity contribution in [3.05, 3.63) is 23.0 Å². The van der Waals surface area contributed by atoms with Gasteiger partial charge < -0.3 is 19.5 Å². The predicted octanol–water partition coefficient (Wildman–Crippen LogP) is 3.05. The van der Waals surface area contributed by atoms with Crippen molar-refractivity contribution in [2.24, 2.45) is 18.0 Å². The summed E-state index contributed by atoms with van der Waals surface area (Å²) >= 11 is 6.10. The first-order valence-corrected chi connectivity index (χ1v) is 9.91. The smallest absolute Gasteiger partial charge is 0.194 e. The first-order chi connectivity index (χ1) is 12.4. The third-order valence-corrected chi connectivity index (χ3v) is 4.67. The molecule has 0 aromatic carbocycles. The van der Waals surface area contributed by atoms with E-state index in [-0.39, 0.29) is 30.1 Å². The number of aromatic nitrogens is 1. The Kier molecular flexibility index (Phi) is 11.0. The fourth-order valence-corrected chi connectivity index (χ4v) is 3.54. The Morgan fingerprint density at radius 1 is 1.48 bits per heavy atom. The van der Waals surface area contributed by atoms with Crippen LogP contribution in [0.5, 0.6) is 0 Å². The van der Waals surface area contributed by atoms with Gasteiger partial charge >= 0.3 is 0 Å². The number of ether oxygens (including phenoxy) is 1. The zero-order chi connectivity index (χ0) is 19.1. The number of morpholine rings is 1. The molecular formula is C19H35ClIN5O. The van der Waals surface area contributed by atoms with Gasteiger partial charge in [-0.3, -0.25) is 9.89 Å². The second-order valence-electron chi connectivity index (χ2n) is 7.46. The van der Waals surface area contributed by atoms with Crippen molar-refractivity contribution in [2.45, 2.75) is 33.4 Å². The molecule has 0 spiro atoms. The van der Waals surface area contributed by atoms with Crippen LogP contribution in [0.1, 0.15) is 26.5 Å². The van der Waals surface area contributed by atoms with Crippen molar-refractivity contribution in [3.8, 4) is 0 Å². The van der Waals surface area contributed by atoms with Crippen LogP contribution in [0.2, 0.25) is 5.02 Å². The number of nitrogens with one attached hydrogen (secondary N) is 1. The SMILES string of the molecule is CCNC(=NCC1CN(CC(C)C)CCO1)N(C)Cc1cc(Cl)cn1C.I. The number of guanidine groups is 1. The first-order valence-electron chi connectivity index (χ1n) is 9.53. The van der Waals surface area contributed by atoms with E-state index >= 15 is 0 Å². The average Bonchev–Trinajstić information content (AvgIpc) is 2.88. The molecule has 1 aliphatic rings. The van der Waals surface area contributed by atoms with E-state index in [9.17, 15) is 0 Å². The number of hydrogen-bond donors (Lipinski definition) is 1. The van der Waals surface area contributed by atoms with Crippen LogP contribution >= 0.6 is 35.6 Å². The molecule has 156 valence electrons. The van der Waals surface area contributed by atoms with Gasteiger partial charge in [0.05, 0.1) is 30.8 Å². The lowest BCUT2D eigenvalue weighted by atomic mass is 10.2. The van der Waals surface area contributed by atoms with Gasteiger partial charge in [0.2, 0.25) is 0 Å². The zero-order valence-corrected chi connectivity index (χ0v) is 20.3. The molecule has 1 aromatic rings. The molecule has 2 heterocycles. The molecule has 1 aliphatic heterocycles. The average molecular weight is 512 g/mol. The minimum absolute atomic E-state index is 0. The van der Waals surface area contributed by atoms with E-state index in [0.717, 1.165) is 56.0 Å². The summed E-state index contributed by atoms with van der Waals surface area (Å²) in [5, 5.41) is 4.14. The van der Waals surface area contributed by atoms with E-state index < -0.39 is 0 Å². The number of rotatable bonds is 7. The molecule has 1 unspecified atom stereocenters. The lowest BCUT2D eigenvalue weighted by Crippen LogP contribution is -2.46. The summed E-state index contributed by atoms with van der Waals surface area (Å²) in [6, 6.07) is 2.00. The van der Waals surface area contributed by atoms with Crippen molar-refractivity contribution >= 4 is 41.5 Å². The van der Waals surface area contributed by atoms with Gasteiger partial charge in [0.15, 0.2) is 5.96 Å². The normalized spacial score (nSPS) is 18.5. The molecule has 8 heteroatoms. The number of nitrogens with zero attached hydrogens (tertiary/aromatic N) is 4. The topological polar surface area (TPSA) is 45.0 Å².